The van der Waals surface area contributed by atoms with Crippen molar-refractivity contribution in [1.29, 1.82) is 0 Å². The van der Waals surface area contributed by atoms with Crippen molar-refractivity contribution in [3.63, 3.8) is 0 Å². The zero-order valence-corrected chi connectivity index (χ0v) is 21.3. The number of hydrogen-bond acceptors (Lipinski definition) is 6. The normalized spacial score (nSPS) is 10.7. The lowest BCUT2D eigenvalue weighted by atomic mass is 9.98. The van der Waals surface area contributed by atoms with Crippen LogP contribution < -0.4 is 0 Å². The number of carboxylic acids is 1. The second-order valence-electron chi connectivity index (χ2n) is 8.36. The van der Waals surface area contributed by atoms with Crippen LogP contribution in [0.2, 0.25) is 0 Å². The van der Waals surface area contributed by atoms with Crippen LogP contribution in [0, 0.1) is 0 Å². The van der Waals surface area contributed by atoms with Crippen molar-refractivity contribution < 1.29 is 24.3 Å². The summed E-state index contributed by atoms with van der Waals surface area (Å²) >= 11 is 0. The molecule has 0 aliphatic rings. The first-order valence-electron chi connectivity index (χ1n) is 9.96. The second kappa shape index (κ2) is 15.8. The topological polar surface area (TPSA) is 101 Å². The third-order valence-electron chi connectivity index (χ3n) is 4.71. The third-order valence-corrected chi connectivity index (χ3v) is 4.71. The number of carbonyl (C=O) groups excluding carboxylic acids is 3. The molecule has 0 aromatic rings. The molecule has 0 spiro atoms. The van der Waals surface area contributed by atoms with E-state index in [1.54, 1.807) is 44.8 Å². The lowest BCUT2D eigenvalue weighted by Crippen LogP contribution is -2.52. The van der Waals surface area contributed by atoms with Gasteiger partial charge in [0.25, 0.3) is 0 Å². The van der Waals surface area contributed by atoms with Crippen LogP contribution in [0.1, 0.15) is 55.9 Å². The maximum absolute atomic E-state index is 11.6. The Kier molecular flexibility index (Phi) is 18.5. The first-order valence-corrected chi connectivity index (χ1v) is 9.96. The average molecular weight is 449 g/mol. The van der Waals surface area contributed by atoms with Crippen molar-refractivity contribution in [2.75, 3.05) is 55.4 Å². The number of carbonyl (C=O) groups is 4. The maximum atomic E-state index is 11.6. The highest BCUT2D eigenvalue weighted by molar-refractivity contribution is 5.91. The molecular formula is C22H48N4O5. The van der Waals surface area contributed by atoms with Gasteiger partial charge in [0.15, 0.2) is 5.78 Å². The van der Waals surface area contributed by atoms with Gasteiger partial charge in [-0.05, 0) is 62.8 Å². The molecule has 0 heterocycles. The summed E-state index contributed by atoms with van der Waals surface area (Å²) in [4.78, 5) is 51.5. The summed E-state index contributed by atoms with van der Waals surface area (Å²) in [7, 11) is 10.3. The molecule has 1 N–H and O–H groups in total. The molecule has 0 saturated carbocycles. The predicted molar refractivity (Wildman–Crippen MR) is 127 cm³/mol. The molecule has 0 aliphatic heterocycles. The highest BCUT2D eigenvalue weighted by Crippen LogP contribution is 2.14. The number of hydrogen-bond donors (Lipinski definition) is 1. The van der Waals surface area contributed by atoms with Gasteiger partial charge in [0.2, 0.25) is 11.8 Å². The fourth-order valence-electron chi connectivity index (χ4n) is 1.76. The fourth-order valence-corrected chi connectivity index (χ4v) is 1.76. The number of Topliss-reactive ketones (excluding diaryl/α,β-unsaturated/α-hetero) is 1. The Balaban J connectivity index is -0.000000211. The molecular weight excluding hydrogens is 400 g/mol. The van der Waals surface area contributed by atoms with Crippen molar-refractivity contribution in [2.24, 2.45) is 0 Å². The summed E-state index contributed by atoms with van der Waals surface area (Å²) in [5, 5.41) is 8.89. The van der Waals surface area contributed by atoms with Crippen LogP contribution in [-0.2, 0) is 19.2 Å². The lowest BCUT2D eigenvalue weighted by Gasteiger charge is -2.34. The fraction of sp³-hybridized carbons (Fsp3) is 0.818. The van der Waals surface area contributed by atoms with Crippen LogP contribution in [0.5, 0.6) is 0 Å². The monoisotopic (exact) mass is 448 g/mol. The summed E-state index contributed by atoms with van der Waals surface area (Å²) in [6.07, 6.45) is 0. The lowest BCUT2D eigenvalue weighted by molar-refractivity contribution is -0.155. The van der Waals surface area contributed by atoms with E-state index in [0.29, 0.717) is 6.54 Å². The van der Waals surface area contributed by atoms with Crippen LogP contribution in [0.3, 0.4) is 0 Å². The minimum atomic E-state index is -1.16. The first-order chi connectivity index (χ1) is 13.4. The molecule has 0 saturated heterocycles. The molecule has 9 nitrogen and oxygen atoms in total. The van der Waals surface area contributed by atoms with Gasteiger partial charge >= 0.3 is 5.97 Å². The van der Waals surface area contributed by atoms with Gasteiger partial charge in [-0.15, -0.1) is 0 Å². The number of amides is 2. The number of ketones is 1. The van der Waals surface area contributed by atoms with Crippen LogP contribution in [-0.4, -0.2) is 115 Å². The van der Waals surface area contributed by atoms with Gasteiger partial charge in [0.05, 0.1) is 18.6 Å². The SMILES string of the molecule is C.CC.CC(=O)C(C)(C)N(C)C(=O)CN(C)C.CN(C)CC(=O)N(C)C(C)(C)C(=O)O. The van der Waals surface area contributed by atoms with Gasteiger partial charge in [-0.25, -0.2) is 4.79 Å². The number of nitrogens with zero attached hydrogens (tertiary/aromatic N) is 4. The van der Waals surface area contributed by atoms with Crippen LogP contribution in [0.15, 0.2) is 0 Å². The van der Waals surface area contributed by atoms with E-state index in [9.17, 15) is 19.2 Å². The zero-order valence-electron chi connectivity index (χ0n) is 21.3. The summed E-state index contributed by atoms with van der Waals surface area (Å²) in [6.45, 7) is 12.6. The smallest absolute Gasteiger partial charge is 0.329 e. The molecule has 0 fully saturated rings. The minimum Gasteiger partial charge on any atom is -0.480 e. The molecule has 0 aromatic heterocycles. The van der Waals surface area contributed by atoms with E-state index >= 15 is 0 Å². The van der Waals surface area contributed by atoms with Crippen molar-refractivity contribution in [2.45, 2.75) is 67.0 Å². The summed E-state index contributed by atoms with van der Waals surface area (Å²) in [5.41, 5.74) is -1.87. The molecule has 0 rings (SSSR count). The Morgan fingerprint density at radius 3 is 1.13 bits per heavy atom. The molecule has 186 valence electrons. The Morgan fingerprint density at radius 2 is 0.935 bits per heavy atom. The van der Waals surface area contributed by atoms with Crippen molar-refractivity contribution in [3.8, 4) is 0 Å². The van der Waals surface area contributed by atoms with Gasteiger partial charge < -0.3 is 24.7 Å². The highest BCUT2D eigenvalue weighted by atomic mass is 16.4. The molecule has 31 heavy (non-hydrogen) atoms. The molecule has 0 aliphatic carbocycles. The van der Waals surface area contributed by atoms with Gasteiger partial charge in [-0.2, -0.15) is 0 Å². The third kappa shape index (κ3) is 13.1. The Hall–Kier alpha value is -2.00. The van der Waals surface area contributed by atoms with Crippen LogP contribution in [0.4, 0.5) is 0 Å². The zero-order chi connectivity index (χ0) is 25.0. The quantitative estimate of drug-likeness (QED) is 0.605. The van der Waals surface area contributed by atoms with Crippen LogP contribution >= 0.6 is 0 Å². The number of likely N-dealkylation sites (N-methyl/N-ethyl adjacent to an activating group) is 4. The molecule has 9 heteroatoms. The Morgan fingerprint density at radius 1 is 0.677 bits per heavy atom. The van der Waals surface area contributed by atoms with Gasteiger partial charge in [0, 0.05) is 14.1 Å². The molecule has 0 atom stereocenters. The van der Waals surface area contributed by atoms with Gasteiger partial charge in [0.1, 0.15) is 5.54 Å². The molecule has 0 unspecified atom stereocenters. The van der Waals surface area contributed by atoms with Crippen LogP contribution in [0.25, 0.3) is 0 Å². The first kappa shape index (κ1) is 36.4. The maximum Gasteiger partial charge on any atom is 0.329 e. The summed E-state index contributed by atoms with van der Waals surface area (Å²) < 4.78 is 0. The van der Waals surface area contributed by atoms with Gasteiger partial charge in [-0.3, -0.25) is 14.4 Å². The molecule has 0 radical (unpaired) electrons. The Bertz CT molecular complexity index is 522. The summed E-state index contributed by atoms with van der Waals surface area (Å²) in [6, 6.07) is 0. The molecule has 0 aromatic carbocycles. The minimum absolute atomic E-state index is 0. The average Bonchev–Trinajstić information content (AvgIpc) is 2.60. The predicted octanol–water partition coefficient (Wildman–Crippen LogP) is 1.91. The van der Waals surface area contributed by atoms with E-state index in [1.165, 1.54) is 37.6 Å². The molecule has 0 bridgehead atoms. The standard InChI is InChI=1S/C10H20N2O2.C9H18N2O3.C2H6.CH4/c1-8(13)10(2,3)12(6)9(14)7-11(4)5;1-9(2,8(13)14)11(5)7(12)6-10(3)4;1-2;/h7H2,1-6H3;6H2,1-5H3,(H,13,14);1-2H3;1H4. The van der Waals surface area contributed by atoms with Crippen molar-refractivity contribution >= 4 is 23.6 Å². The van der Waals surface area contributed by atoms with Gasteiger partial charge in [-0.1, -0.05) is 21.3 Å². The van der Waals surface area contributed by atoms with E-state index in [0.717, 1.165) is 0 Å². The number of aliphatic carboxylic acids is 1. The number of carboxylic acid groups (broad SMARTS) is 1. The Labute approximate surface area is 190 Å². The second-order valence-corrected chi connectivity index (χ2v) is 8.36. The van der Waals surface area contributed by atoms with E-state index in [2.05, 4.69) is 0 Å². The molecule has 2 amide bonds. The largest absolute Gasteiger partial charge is 0.480 e. The van der Waals surface area contributed by atoms with Crippen molar-refractivity contribution in [3.05, 3.63) is 0 Å². The van der Waals surface area contributed by atoms with E-state index < -0.39 is 17.0 Å². The number of rotatable bonds is 8. The van der Waals surface area contributed by atoms with E-state index in [4.69, 9.17) is 5.11 Å². The van der Waals surface area contributed by atoms with E-state index in [1.807, 2.05) is 27.9 Å². The van der Waals surface area contributed by atoms with Crippen molar-refractivity contribution in [1.82, 2.24) is 19.6 Å². The summed E-state index contributed by atoms with van der Waals surface area (Å²) in [5.74, 6) is -1.27. The highest BCUT2D eigenvalue weighted by Gasteiger charge is 2.35. The van der Waals surface area contributed by atoms with E-state index in [-0.39, 0.29) is 31.6 Å².